The third-order valence-electron chi connectivity index (χ3n) is 2.15. The Morgan fingerprint density at radius 1 is 0.867 bits per heavy atom. The maximum atomic E-state index is 5.92. The van der Waals surface area contributed by atoms with Crippen LogP contribution in [-0.2, 0) is 4.43 Å². The lowest BCUT2D eigenvalue weighted by Crippen LogP contribution is -2.27. The van der Waals surface area contributed by atoms with Crippen LogP contribution >= 0.6 is 0 Å². The van der Waals surface area contributed by atoms with Gasteiger partial charge in [0.2, 0.25) is 8.32 Å². The highest BCUT2D eigenvalue weighted by molar-refractivity contribution is 6.69. The molecule has 0 aromatic carbocycles. The fraction of sp³-hybridized carbons (Fsp3) is 0.846. The summed E-state index contributed by atoms with van der Waals surface area (Å²) >= 11 is 0. The van der Waals surface area contributed by atoms with E-state index in [0.29, 0.717) is 0 Å². The van der Waals surface area contributed by atoms with Gasteiger partial charge in [0.25, 0.3) is 0 Å². The van der Waals surface area contributed by atoms with Gasteiger partial charge in [0.1, 0.15) is 0 Å². The number of allylic oxidation sites excluding steroid dienone is 1. The standard InChI is InChI=1S/C13H28OSi/c1-12(2,3)11(13(4,5)6)10-14-15(7,8)9/h10H,1-9H3. The van der Waals surface area contributed by atoms with E-state index in [1.165, 1.54) is 5.57 Å². The summed E-state index contributed by atoms with van der Waals surface area (Å²) in [6, 6.07) is 0. The van der Waals surface area contributed by atoms with Crippen molar-refractivity contribution in [2.24, 2.45) is 10.8 Å². The Morgan fingerprint density at radius 3 is 1.40 bits per heavy atom. The molecule has 0 N–H and O–H groups in total. The topological polar surface area (TPSA) is 9.23 Å². The lowest BCUT2D eigenvalue weighted by Gasteiger charge is -2.34. The van der Waals surface area contributed by atoms with Crippen LogP contribution in [0.5, 0.6) is 0 Å². The van der Waals surface area contributed by atoms with Gasteiger partial charge in [0.15, 0.2) is 0 Å². The van der Waals surface area contributed by atoms with Crippen molar-refractivity contribution in [3.63, 3.8) is 0 Å². The average molecular weight is 228 g/mol. The molecule has 1 nitrogen and oxygen atoms in total. The zero-order chi connectivity index (χ0) is 12.5. The predicted molar refractivity (Wildman–Crippen MR) is 71.4 cm³/mol. The molecule has 90 valence electrons. The molecular weight excluding hydrogens is 200 g/mol. The molecule has 2 heteroatoms. The SMILES string of the molecule is CC(C)(C)C(=CO[Si](C)(C)C)C(C)(C)C. The van der Waals surface area contributed by atoms with Crippen molar-refractivity contribution in [2.75, 3.05) is 0 Å². The summed E-state index contributed by atoms with van der Waals surface area (Å²) in [6.07, 6.45) is 2.02. The molecule has 0 heterocycles. The molecule has 0 radical (unpaired) electrons. The Kier molecular flexibility index (Phi) is 4.25. The molecule has 0 aliphatic rings. The van der Waals surface area contributed by atoms with Crippen LogP contribution in [0.4, 0.5) is 0 Å². The van der Waals surface area contributed by atoms with E-state index in [2.05, 4.69) is 61.2 Å². The Balaban J connectivity index is 4.99. The molecule has 0 saturated carbocycles. The lowest BCUT2D eigenvalue weighted by atomic mass is 9.73. The second-order valence-corrected chi connectivity index (χ2v) is 11.7. The summed E-state index contributed by atoms with van der Waals surface area (Å²) in [7, 11) is -1.45. The molecule has 0 aliphatic carbocycles. The Bertz CT molecular complexity index is 217. The molecule has 0 aromatic rings. The fourth-order valence-electron chi connectivity index (χ4n) is 1.71. The Labute approximate surface area is 97.0 Å². The molecule has 0 fully saturated rings. The van der Waals surface area contributed by atoms with Gasteiger partial charge in [0.05, 0.1) is 6.26 Å². The van der Waals surface area contributed by atoms with Gasteiger partial charge in [-0.1, -0.05) is 41.5 Å². The first-order valence-corrected chi connectivity index (χ1v) is 9.14. The van der Waals surface area contributed by atoms with E-state index < -0.39 is 8.32 Å². The summed E-state index contributed by atoms with van der Waals surface area (Å²) in [5.74, 6) is 0. The smallest absolute Gasteiger partial charge is 0.241 e. The maximum absolute atomic E-state index is 5.92. The highest BCUT2D eigenvalue weighted by Gasteiger charge is 2.29. The van der Waals surface area contributed by atoms with E-state index in [1.807, 2.05) is 6.26 Å². The molecule has 0 aromatic heterocycles. The van der Waals surface area contributed by atoms with E-state index in [-0.39, 0.29) is 10.8 Å². The van der Waals surface area contributed by atoms with E-state index in [1.54, 1.807) is 0 Å². The summed E-state index contributed by atoms with van der Waals surface area (Å²) < 4.78 is 5.92. The van der Waals surface area contributed by atoms with E-state index >= 15 is 0 Å². The van der Waals surface area contributed by atoms with Crippen molar-refractivity contribution >= 4 is 8.32 Å². The second-order valence-electron chi connectivity index (χ2n) is 7.26. The van der Waals surface area contributed by atoms with Gasteiger partial charge in [-0.2, -0.15) is 0 Å². The summed E-state index contributed by atoms with van der Waals surface area (Å²) in [5.41, 5.74) is 1.74. The van der Waals surface area contributed by atoms with Gasteiger partial charge < -0.3 is 4.43 Å². The monoisotopic (exact) mass is 228 g/mol. The van der Waals surface area contributed by atoms with Gasteiger partial charge in [-0.05, 0) is 36.0 Å². The molecule has 0 amide bonds. The van der Waals surface area contributed by atoms with Gasteiger partial charge in [-0.15, -0.1) is 0 Å². The highest BCUT2D eigenvalue weighted by Crippen LogP contribution is 2.39. The zero-order valence-electron chi connectivity index (χ0n) is 12.0. The normalized spacial score (nSPS) is 13.7. The van der Waals surface area contributed by atoms with Crippen LogP contribution in [0, 0.1) is 10.8 Å². The Morgan fingerprint density at radius 2 is 1.20 bits per heavy atom. The first-order chi connectivity index (χ1) is 6.34. The van der Waals surface area contributed by atoms with Crippen LogP contribution in [0.25, 0.3) is 0 Å². The minimum atomic E-state index is -1.45. The van der Waals surface area contributed by atoms with Crippen LogP contribution in [0.15, 0.2) is 11.8 Å². The fourth-order valence-corrected chi connectivity index (χ4v) is 2.19. The molecular formula is C13H28OSi. The molecule has 15 heavy (non-hydrogen) atoms. The van der Waals surface area contributed by atoms with Crippen molar-refractivity contribution in [3.05, 3.63) is 11.8 Å². The molecule has 0 aliphatic heterocycles. The second kappa shape index (κ2) is 4.32. The molecule has 0 atom stereocenters. The molecule has 0 spiro atoms. The highest BCUT2D eigenvalue weighted by atomic mass is 28.4. The average Bonchev–Trinajstić information content (AvgIpc) is 1.75. The van der Waals surface area contributed by atoms with Gasteiger partial charge in [-0.25, -0.2) is 0 Å². The van der Waals surface area contributed by atoms with Crippen molar-refractivity contribution in [2.45, 2.75) is 61.2 Å². The molecule has 0 saturated heterocycles. The van der Waals surface area contributed by atoms with Crippen molar-refractivity contribution in [3.8, 4) is 0 Å². The van der Waals surface area contributed by atoms with E-state index in [4.69, 9.17) is 4.43 Å². The van der Waals surface area contributed by atoms with Gasteiger partial charge >= 0.3 is 0 Å². The predicted octanol–water partition coefficient (Wildman–Crippen LogP) is 4.81. The van der Waals surface area contributed by atoms with Crippen LogP contribution in [-0.4, -0.2) is 8.32 Å². The minimum absolute atomic E-state index is 0.178. The summed E-state index contributed by atoms with van der Waals surface area (Å²) in [4.78, 5) is 0. The molecule has 0 bridgehead atoms. The van der Waals surface area contributed by atoms with Crippen molar-refractivity contribution < 1.29 is 4.43 Å². The largest absolute Gasteiger partial charge is 0.550 e. The quantitative estimate of drug-likeness (QED) is 0.486. The maximum Gasteiger partial charge on any atom is 0.241 e. The third kappa shape index (κ3) is 6.03. The van der Waals surface area contributed by atoms with E-state index in [0.717, 1.165) is 0 Å². The summed E-state index contributed by atoms with van der Waals surface area (Å²) in [5, 5.41) is 0. The number of rotatable bonds is 2. The number of hydrogen-bond donors (Lipinski definition) is 0. The van der Waals surface area contributed by atoms with Crippen molar-refractivity contribution in [1.29, 1.82) is 0 Å². The molecule has 0 rings (SSSR count). The first-order valence-electron chi connectivity index (χ1n) is 5.73. The number of hydrogen-bond acceptors (Lipinski definition) is 1. The van der Waals surface area contributed by atoms with Crippen molar-refractivity contribution in [1.82, 2.24) is 0 Å². The lowest BCUT2D eigenvalue weighted by molar-refractivity contribution is 0.333. The summed E-state index contributed by atoms with van der Waals surface area (Å²) in [6.45, 7) is 20.1. The van der Waals surface area contributed by atoms with Gasteiger partial charge in [-0.3, -0.25) is 0 Å². The van der Waals surface area contributed by atoms with Gasteiger partial charge in [0, 0.05) is 0 Å². The van der Waals surface area contributed by atoms with Crippen LogP contribution < -0.4 is 0 Å². The van der Waals surface area contributed by atoms with Crippen LogP contribution in [0.1, 0.15) is 41.5 Å². The zero-order valence-corrected chi connectivity index (χ0v) is 13.0. The first kappa shape index (κ1) is 14.8. The van der Waals surface area contributed by atoms with Crippen LogP contribution in [0.3, 0.4) is 0 Å². The minimum Gasteiger partial charge on any atom is -0.550 e. The third-order valence-corrected chi connectivity index (χ3v) is 2.97. The van der Waals surface area contributed by atoms with Crippen LogP contribution in [0.2, 0.25) is 19.6 Å². The Hall–Kier alpha value is -0.243. The van der Waals surface area contributed by atoms with E-state index in [9.17, 15) is 0 Å². The molecule has 0 unspecified atom stereocenters.